The van der Waals surface area contributed by atoms with Crippen molar-refractivity contribution < 1.29 is 9.53 Å². The van der Waals surface area contributed by atoms with Gasteiger partial charge in [-0.3, -0.25) is 4.79 Å². The number of nitrogens with zero attached hydrogens (tertiary/aromatic N) is 3. The largest absolute Gasteiger partial charge is 0.497 e. The van der Waals surface area contributed by atoms with Crippen LogP contribution in [0, 0.1) is 6.92 Å². The normalized spacial score (nSPS) is 20.1. The Balaban J connectivity index is 1.83. The molecule has 1 aromatic carbocycles. The molecular weight excluding hydrogens is 314 g/mol. The van der Waals surface area contributed by atoms with Crippen LogP contribution in [-0.4, -0.2) is 61.0 Å². The highest BCUT2D eigenvalue weighted by atomic mass is 16.5. The fourth-order valence-corrected chi connectivity index (χ4v) is 3.48. The lowest BCUT2D eigenvalue weighted by Gasteiger charge is -2.25. The number of hydrogen-bond acceptors (Lipinski definition) is 4. The molecule has 0 N–H and O–H groups in total. The number of aromatic nitrogens is 1. The van der Waals surface area contributed by atoms with Crippen LogP contribution in [0.25, 0.3) is 0 Å². The molecular formula is C20H25N3O2. The molecule has 25 heavy (non-hydrogen) atoms. The van der Waals surface area contributed by atoms with E-state index in [0.717, 1.165) is 11.4 Å². The Morgan fingerprint density at radius 2 is 1.88 bits per heavy atom. The van der Waals surface area contributed by atoms with Gasteiger partial charge in [-0.25, -0.2) is 4.98 Å². The lowest BCUT2D eigenvalue weighted by atomic mass is 9.93. The third-order valence-corrected chi connectivity index (χ3v) is 4.89. The highest BCUT2D eigenvalue weighted by Crippen LogP contribution is 2.32. The average molecular weight is 339 g/mol. The number of benzene rings is 1. The Labute approximate surface area is 149 Å². The first kappa shape index (κ1) is 17.4. The van der Waals surface area contributed by atoms with Crippen molar-refractivity contribution in [2.45, 2.75) is 18.9 Å². The standard InChI is InChI=1S/C20H25N3O2/c1-14-6-5-7-18(21-14)20(24)23-12-17(19(13-23)22(2)3)15-8-10-16(25-4)11-9-15/h5-11,17,19H,12-13H2,1-4H3. The molecule has 0 aliphatic carbocycles. The predicted molar refractivity (Wildman–Crippen MR) is 98.1 cm³/mol. The summed E-state index contributed by atoms with van der Waals surface area (Å²) in [7, 11) is 5.81. The smallest absolute Gasteiger partial charge is 0.272 e. The summed E-state index contributed by atoms with van der Waals surface area (Å²) >= 11 is 0. The van der Waals surface area contributed by atoms with Crippen molar-refractivity contribution in [1.82, 2.24) is 14.8 Å². The van der Waals surface area contributed by atoms with Gasteiger partial charge in [-0.15, -0.1) is 0 Å². The molecule has 0 saturated carbocycles. The van der Waals surface area contributed by atoms with Gasteiger partial charge in [-0.2, -0.15) is 0 Å². The van der Waals surface area contributed by atoms with E-state index in [2.05, 4.69) is 36.1 Å². The number of likely N-dealkylation sites (N-methyl/N-ethyl adjacent to an activating group) is 1. The van der Waals surface area contributed by atoms with E-state index in [9.17, 15) is 4.79 Å². The van der Waals surface area contributed by atoms with E-state index in [1.807, 2.05) is 36.1 Å². The van der Waals surface area contributed by atoms with Gasteiger partial charge in [-0.1, -0.05) is 18.2 Å². The Morgan fingerprint density at radius 3 is 2.48 bits per heavy atom. The average Bonchev–Trinajstić information content (AvgIpc) is 3.07. The first-order chi connectivity index (χ1) is 12.0. The number of carbonyl (C=O) groups is 1. The van der Waals surface area contributed by atoms with Crippen LogP contribution in [0.2, 0.25) is 0 Å². The van der Waals surface area contributed by atoms with E-state index in [-0.39, 0.29) is 17.9 Å². The molecule has 1 saturated heterocycles. The molecule has 1 amide bonds. The van der Waals surface area contributed by atoms with Gasteiger partial charge in [-0.05, 0) is 50.8 Å². The molecule has 1 aliphatic rings. The van der Waals surface area contributed by atoms with Gasteiger partial charge in [0.25, 0.3) is 5.91 Å². The highest BCUT2D eigenvalue weighted by molar-refractivity contribution is 5.92. The van der Waals surface area contributed by atoms with Crippen LogP contribution >= 0.6 is 0 Å². The van der Waals surface area contributed by atoms with Gasteiger partial charge in [0.1, 0.15) is 11.4 Å². The third-order valence-electron chi connectivity index (χ3n) is 4.89. The zero-order chi connectivity index (χ0) is 18.0. The van der Waals surface area contributed by atoms with E-state index >= 15 is 0 Å². The summed E-state index contributed by atoms with van der Waals surface area (Å²) in [5.74, 6) is 1.13. The summed E-state index contributed by atoms with van der Waals surface area (Å²) in [6, 6.07) is 14.0. The molecule has 0 spiro atoms. The lowest BCUT2D eigenvalue weighted by molar-refractivity contribution is 0.0776. The molecule has 2 aromatic rings. The van der Waals surface area contributed by atoms with Crippen molar-refractivity contribution in [2.75, 3.05) is 34.3 Å². The molecule has 3 rings (SSSR count). The maximum Gasteiger partial charge on any atom is 0.272 e. The van der Waals surface area contributed by atoms with Crippen LogP contribution in [0.4, 0.5) is 0 Å². The molecule has 5 heteroatoms. The van der Waals surface area contributed by atoms with Gasteiger partial charge >= 0.3 is 0 Å². The molecule has 2 unspecified atom stereocenters. The first-order valence-corrected chi connectivity index (χ1v) is 8.53. The summed E-state index contributed by atoms with van der Waals surface area (Å²) in [4.78, 5) is 21.4. The van der Waals surface area contributed by atoms with E-state index in [1.165, 1.54) is 5.56 Å². The molecule has 132 valence electrons. The van der Waals surface area contributed by atoms with Crippen molar-refractivity contribution in [3.05, 3.63) is 59.4 Å². The predicted octanol–water partition coefficient (Wildman–Crippen LogP) is 2.57. The Morgan fingerprint density at radius 1 is 1.16 bits per heavy atom. The zero-order valence-electron chi connectivity index (χ0n) is 15.3. The third kappa shape index (κ3) is 3.66. The molecule has 1 aliphatic heterocycles. The summed E-state index contributed by atoms with van der Waals surface area (Å²) in [5.41, 5.74) is 2.61. The minimum Gasteiger partial charge on any atom is -0.497 e. The fraction of sp³-hybridized carbons (Fsp3) is 0.400. The number of likely N-dealkylation sites (tertiary alicyclic amines) is 1. The van der Waals surface area contributed by atoms with Crippen LogP contribution in [-0.2, 0) is 0 Å². The molecule has 0 bridgehead atoms. The zero-order valence-corrected chi connectivity index (χ0v) is 15.3. The van der Waals surface area contributed by atoms with Crippen LogP contribution in [0.3, 0.4) is 0 Å². The molecule has 2 atom stereocenters. The number of rotatable bonds is 4. The highest BCUT2D eigenvalue weighted by Gasteiger charge is 2.37. The summed E-state index contributed by atoms with van der Waals surface area (Å²) in [6.07, 6.45) is 0. The Hall–Kier alpha value is -2.40. The second-order valence-corrected chi connectivity index (χ2v) is 6.78. The maximum atomic E-state index is 12.9. The van der Waals surface area contributed by atoms with Crippen molar-refractivity contribution in [1.29, 1.82) is 0 Å². The molecule has 0 radical (unpaired) electrons. The minimum atomic E-state index is 0.00608. The van der Waals surface area contributed by atoms with Crippen molar-refractivity contribution in [3.8, 4) is 5.75 Å². The van der Waals surface area contributed by atoms with E-state index in [4.69, 9.17) is 4.74 Å². The maximum absolute atomic E-state index is 12.9. The number of hydrogen-bond donors (Lipinski definition) is 0. The van der Waals surface area contributed by atoms with Gasteiger partial charge in [0, 0.05) is 30.7 Å². The van der Waals surface area contributed by atoms with Crippen LogP contribution in [0.1, 0.15) is 27.7 Å². The quantitative estimate of drug-likeness (QED) is 0.859. The summed E-state index contributed by atoms with van der Waals surface area (Å²) < 4.78 is 5.25. The number of ether oxygens (including phenoxy) is 1. The topological polar surface area (TPSA) is 45.7 Å². The van der Waals surface area contributed by atoms with E-state index in [0.29, 0.717) is 18.8 Å². The Kier molecular flexibility index (Phi) is 5.04. The molecule has 1 aromatic heterocycles. The van der Waals surface area contributed by atoms with Crippen LogP contribution in [0.5, 0.6) is 5.75 Å². The number of methoxy groups -OCH3 is 1. The number of pyridine rings is 1. The SMILES string of the molecule is COc1ccc(C2CN(C(=O)c3cccc(C)n3)CC2N(C)C)cc1. The van der Waals surface area contributed by atoms with Crippen LogP contribution in [0.15, 0.2) is 42.5 Å². The van der Waals surface area contributed by atoms with Crippen molar-refractivity contribution in [2.24, 2.45) is 0 Å². The van der Waals surface area contributed by atoms with Gasteiger partial charge < -0.3 is 14.5 Å². The van der Waals surface area contributed by atoms with Gasteiger partial charge in [0.05, 0.1) is 7.11 Å². The second-order valence-electron chi connectivity index (χ2n) is 6.78. The molecule has 2 heterocycles. The Bertz CT molecular complexity index is 743. The monoisotopic (exact) mass is 339 g/mol. The minimum absolute atomic E-state index is 0.00608. The molecule has 5 nitrogen and oxygen atoms in total. The van der Waals surface area contributed by atoms with Crippen LogP contribution < -0.4 is 4.74 Å². The van der Waals surface area contributed by atoms with E-state index < -0.39 is 0 Å². The summed E-state index contributed by atoms with van der Waals surface area (Å²) in [6.45, 7) is 3.31. The lowest BCUT2D eigenvalue weighted by Crippen LogP contribution is -2.36. The second kappa shape index (κ2) is 7.23. The molecule has 1 fully saturated rings. The number of aryl methyl sites for hydroxylation is 1. The van der Waals surface area contributed by atoms with E-state index in [1.54, 1.807) is 13.2 Å². The fourth-order valence-electron chi connectivity index (χ4n) is 3.48. The van der Waals surface area contributed by atoms with Gasteiger partial charge in [0.2, 0.25) is 0 Å². The van der Waals surface area contributed by atoms with Gasteiger partial charge in [0.15, 0.2) is 0 Å². The van der Waals surface area contributed by atoms with Crippen molar-refractivity contribution in [3.63, 3.8) is 0 Å². The number of amides is 1. The summed E-state index contributed by atoms with van der Waals surface area (Å²) in [5, 5.41) is 0. The first-order valence-electron chi connectivity index (χ1n) is 8.53. The van der Waals surface area contributed by atoms with Crippen molar-refractivity contribution >= 4 is 5.91 Å². The number of carbonyl (C=O) groups excluding carboxylic acids is 1.